The van der Waals surface area contributed by atoms with E-state index in [2.05, 4.69) is 30.9 Å². The quantitative estimate of drug-likeness (QED) is 0.426. The summed E-state index contributed by atoms with van der Waals surface area (Å²) in [7, 11) is 0. The first-order valence-electron chi connectivity index (χ1n) is 12.6. The molecule has 4 rings (SSSR count). The van der Waals surface area contributed by atoms with Gasteiger partial charge in [-0.1, -0.05) is 78.9 Å². The van der Waals surface area contributed by atoms with E-state index in [9.17, 15) is 10.2 Å². The van der Waals surface area contributed by atoms with Crippen LogP contribution in [0.1, 0.15) is 59.6 Å². The maximum Gasteiger partial charge on any atom is 0.117 e. The maximum atomic E-state index is 12.0. The molecule has 1 aliphatic heterocycles. The Morgan fingerprint density at radius 3 is 2.06 bits per heavy atom. The molecule has 1 heterocycles. The monoisotopic (exact) mass is 456 g/mol. The fraction of sp³-hybridized carbons (Fsp3) is 0.387. The third-order valence-corrected chi connectivity index (χ3v) is 7.58. The lowest BCUT2D eigenvalue weighted by atomic mass is 9.72. The Kier molecular flexibility index (Phi) is 8.20. The van der Waals surface area contributed by atoms with Gasteiger partial charge in [0.05, 0.1) is 6.10 Å². The van der Waals surface area contributed by atoms with Gasteiger partial charge in [0, 0.05) is 0 Å². The van der Waals surface area contributed by atoms with E-state index in [0.29, 0.717) is 0 Å². The summed E-state index contributed by atoms with van der Waals surface area (Å²) in [5.41, 5.74) is 4.43. The third-order valence-electron chi connectivity index (χ3n) is 7.58. The summed E-state index contributed by atoms with van der Waals surface area (Å²) in [4.78, 5) is 2.48. The number of aliphatic hydroxyl groups is 2. The van der Waals surface area contributed by atoms with Crippen LogP contribution >= 0.6 is 0 Å². The number of piperidine rings is 1. The van der Waals surface area contributed by atoms with Crippen LogP contribution < -0.4 is 0 Å². The molecule has 3 aromatic rings. The van der Waals surface area contributed by atoms with Gasteiger partial charge >= 0.3 is 0 Å². The van der Waals surface area contributed by atoms with Crippen LogP contribution in [-0.2, 0) is 12.0 Å². The Bertz CT molecular complexity index is 986. The molecule has 0 aliphatic carbocycles. The van der Waals surface area contributed by atoms with Crippen molar-refractivity contribution in [1.82, 2.24) is 4.90 Å². The van der Waals surface area contributed by atoms with Crippen molar-refractivity contribution in [3.63, 3.8) is 0 Å². The number of hydrogen-bond donors (Lipinski definition) is 2. The highest BCUT2D eigenvalue weighted by molar-refractivity contribution is 5.37. The summed E-state index contributed by atoms with van der Waals surface area (Å²) in [6.07, 6.45) is 3.99. The second-order valence-corrected chi connectivity index (χ2v) is 9.71. The van der Waals surface area contributed by atoms with E-state index in [4.69, 9.17) is 0 Å². The van der Waals surface area contributed by atoms with Crippen LogP contribution in [0.5, 0.6) is 0 Å². The van der Waals surface area contributed by atoms with Gasteiger partial charge in [0.2, 0.25) is 0 Å². The van der Waals surface area contributed by atoms with Crippen molar-refractivity contribution in [2.45, 2.75) is 50.7 Å². The smallest absolute Gasteiger partial charge is 0.117 e. The van der Waals surface area contributed by atoms with E-state index in [1.165, 1.54) is 11.1 Å². The van der Waals surface area contributed by atoms with Gasteiger partial charge in [-0.05, 0) is 99.3 Å². The molecule has 0 bridgehead atoms. The first-order chi connectivity index (χ1) is 16.5. The number of aliphatic hydroxyl groups excluding tert-OH is 1. The number of benzene rings is 3. The summed E-state index contributed by atoms with van der Waals surface area (Å²) in [6, 6.07) is 26.5. The molecule has 179 valence electrons. The summed E-state index contributed by atoms with van der Waals surface area (Å²) in [5.74, 6) is 0.175. The molecule has 0 aromatic heterocycles. The molecule has 1 aliphatic rings. The second-order valence-electron chi connectivity index (χ2n) is 9.71. The third kappa shape index (κ3) is 5.43. The lowest BCUT2D eigenvalue weighted by Gasteiger charge is -2.42. The summed E-state index contributed by atoms with van der Waals surface area (Å²) in [5, 5.41) is 22.7. The van der Waals surface area contributed by atoms with Crippen LogP contribution in [0.4, 0.5) is 0 Å². The van der Waals surface area contributed by atoms with E-state index in [1.807, 2.05) is 66.7 Å². The summed E-state index contributed by atoms with van der Waals surface area (Å²) in [6.45, 7) is 8.98. The van der Waals surface area contributed by atoms with Crippen molar-refractivity contribution < 1.29 is 10.2 Å². The maximum absolute atomic E-state index is 12.0. The molecule has 0 spiro atoms. The minimum atomic E-state index is -0.969. The predicted octanol–water partition coefficient (Wildman–Crippen LogP) is 5.83. The SMILES string of the molecule is [CH2]Cc1ccc(C(O)CCCN2CCC(C(O)(c3ccccc3)c3ccccc3)CC2)cc1C. The summed E-state index contributed by atoms with van der Waals surface area (Å²) < 4.78 is 0. The highest BCUT2D eigenvalue weighted by Crippen LogP contribution is 2.42. The number of likely N-dealkylation sites (tertiary alicyclic amines) is 1. The van der Waals surface area contributed by atoms with Gasteiger partial charge in [0.25, 0.3) is 0 Å². The zero-order chi connectivity index (χ0) is 24.0. The van der Waals surface area contributed by atoms with Crippen molar-refractivity contribution in [1.29, 1.82) is 0 Å². The molecule has 1 unspecified atom stereocenters. The van der Waals surface area contributed by atoms with Gasteiger partial charge < -0.3 is 15.1 Å². The van der Waals surface area contributed by atoms with Crippen LogP contribution in [-0.4, -0.2) is 34.7 Å². The zero-order valence-electron chi connectivity index (χ0n) is 20.4. The molecular weight excluding hydrogens is 418 g/mol. The van der Waals surface area contributed by atoms with Gasteiger partial charge in [-0.15, -0.1) is 0 Å². The number of hydrogen-bond acceptors (Lipinski definition) is 3. The van der Waals surface area contributed by atoms with Crippen molar-refractivity contribution in [2.75, 3.05) is 19.6 Å². The van der Waals surface area contributed by atoms with E-state index in [0.717, 1.165) is 68.4 Å². The lowest BCUT2D eigenvalue weighted by Crippen LogP contribution is -2.44. The molecular formula is C31H38NO2. The molecule has 2 N–H and O–H groups in total. The minimum Gasteiger partial charge on any atom is -0.388 e. The summed E-state index contributed by atoms with van der Waals surface area (Å²) >= 11 is 0. The number of aryl methyl sites for hydroxylation is 1. The van der Waals surface area contributed by atoms with Crippen molar-refractivity contribution >= 4 is 0 Å². The Balaban J connectivity index is 1.34. The van der Waals surface area contributed by atoms with E-state index < -0.39 is 11.7 Å². The Labute approximate surface area is 205 Å². The molecule has 0 amide bonds. The van der Waals surface area contributed by atoms with Gasteiger partial charge in [-0.3, -0.25) is 0 Å². The topological polar surface area (TPSA) is 43.7 Å². The zero-order valence-corrected chi connectivity index (χ0v) is 20.4. The largest absolute Gasteiger partial charge is 0.388 e. The highest BCUT2D eigenvalue weighted by atomic mass is 16.3. The fourth-order valence-electron chi connectivity index (χ4n) is 5.48. The Morgan fingerprint density at radius 1 is 0.941 bits per heavy atom. The van der Waals surface area contributed by atoms with Crippen molar-refractivity contribution in [3.8, 4) is 0 Å². The Hall–Kier alpha value is -2.46. The van der Waals surface area contributed by atoms with Gasteiger partial charge in [-0.2, -0.15) is 0 Å². The molecule has 0 saturated carbocycles. The molecule has 3 nitrogen and oxygen atoms in total. The van der Waals surface area contributed by atoms with E-state index >= 15 is 0 Å². The fourth-order valence-corrected chi connectivity index (χ4v) is 5.48. The second kappa shape index (κ2) is 11.3. The van der Waals surface area contributed by atoms with Crippen molar-refractivity contribution in [2.24, 2.45) is 5.92 Å². The predicted molar refractivity (Wildman–Crippen MR) is 139 cm³/mol. The van der Waals surface area contributed by atoms with Crippen LogP contribution in [0.25, 0.3) is 0 Å². The highest BCUT2D eigenvalue weighted by Gasteiger charge is 2.41. The van der Waals surface area contributed by atoms with Crippen LogP contribution in [0.15, 0.2) is 78.9 Å². The van der Waals surface area contributed by atoms with Gasteiger partial charge in [0.15, 0.2) is 0 Å². The molecule has 3 aromatic carbocycles. The molecule has 1 saturated heterocycles. The normalized spacial score (nSPS) is 16.5. The van der Waals surface area contributed by atoms with Crippen LogP contribution in [0.3, 0.4) is 0 Å². The number of rotatable bonds is 9. The molecule has 3 heteroatoms. The average Bonchev–Trinajstić information content (AvgIpc) is 2.89. The lowest BCUT2D eigenvalue weighted by molar-refractivity contribution is -0.0146. The standard InChI is InChI=1S/C31H38NO2/c1-3-25-16-17-26(23-24(25)2)30(33)15-10-20-32-21-18-29(19-22-32)31(34,27-11-6-4-7-12-27)28-13-8-5-9-14-28/h4-9,11-14,16-17,23,29-30,33-34H,1,3,10,15,18-22H2,2H3. The molecule has 34 heavy (non-hydrogen) atoms. The first kappa shape index (κ1) is 24.7. The van der Waals surface area contributed by atoms with Gasteiger partial charge in [-0.25, -0.2) is 0 Å². The minimum absolute atomic E-state index is 0.175. The average molecular weight is 457 g/mol. The Morgan fingerprint density at radius 2 is 1.53 bits per heavy atom. The molecule has 1 atom stereocenters. The molecule has 1 radical (unpaired) electrons. The van der Waals surface area contributed by atoms with Crippen LogP contribution in [0.2, 0.25) is 0 Å². The van der Waals surface area contributed by atoms with Gasteiger partial charge in [0.1, 0.15) is 5.60 Å². The van der Waals surface area contributed by atoms with E-state index in [1.54, 1.807) is 0 Å². The number of nitrogens with zero attached hydrogens (tertiary/aromatic N) is 1. The van der Waals surface area contributed by atoms with E-state index in [-0.39, 0.29) is 5.92 Å². The molecule has 1 fully saturated rings. The first-order valence-corrected chi connectivity index (χ1v) is 12.6. The van der Waals surface area contributed by atoms with Crippen LogP contribution in [0, 0.1) is 19.8 Å². The van der Waals surface area contributed by atoms with Crippen molar-refractivity contribution in [3.05, 3.63) is 114 Å².